The van der Waals surface area contributed by atoms with Gasteiger partial charge in [0.15, 0.2) is 0 Å². The van der Waals surface area contributed by atoms with Crippen LogP contribution in [0.4, 0.5) is 14.9 Å². The van der Waals surface area contributed by atoms with Crippen molar-refractivity contribution in [2.45, 2.75) is 19.8 Å². The van der Waals surface area contributed by atoms with Crippen LogP contribution in [-0.2, 0) is 0 Å². The Hall–Kier alpha value is -2.80. The second-order valence-electron chi connectivity index (χ2n) is 7.06. The molecule has 0 aromatic heterocycles. The SMILES string of the molecule is CCCOc1ccc(NC(=O)N2CCCN(C(=O)c3ccc(F)cc3)CC2)cc1Cl. The molecule has 0 bridgehead atoms. The number of urea groups is 1. The molecule has 0 aliphatic carbocycles. The molecule has 30 heavy (non-hydrogen) atoms. The van der Waals surface area contributed by atoms with E-state index in [9.17, 15) is 14.0 Å². The van der Waals surface area contributed by atoms with Gasteiger partial charge in [-0.25, -0.2) is 9.18 Å². The summed E-state index contributed by atoms with van der Waals surface area (Å²) in [4.78, 5) is 28.7. The average Bonchev–Trinajstić information content (AvgIpc) is 3.00. The molecule has 0 saturated carbocycles. The van der Waals surface area contributed by atoms with Gasteiger partial charge in [-0.2, -0.15) is 0 Å². The lowest BCUT2D eigenvalue weighted by atomic mass is 10.2. The Labute approximate surface area is 180 Å². The summed E-state index contributed by atoms with van der Waals surface area (Å²) in [5.41, 5.74) is 1.02. The van der Waals surface area contributed by atoms with Gasteiger partial charge in [-0.05, 0) is 55.3 Å². The minimum atomic E-state index is -0.379. The first-order valence-corrected chi connectivity index (χ1v) is 10.4. The monoisotopic (exact) mass is 433 g/mol. The number of hydrogen-bond acceptors (Lipinski definition) is 3. The van der Waals surface area contributed by atoms with Crippen LogP contribution in [0.15, 0.2) is 42.5 Å². The molecule has 0 unspecified atom stereocenters. The molecule has 0 radical (unpaired) electrons. The zero-order valence-electron chi connectivity index (χ0n) is 16.9. The highest BCUT2D eigenvalue weighted by Crippen LogP contribution is 2.28. The van der Waals surface area contributed by atoms with Gasteiger partial charge in [-0.1, -0.05) is 18.5 Å². The van der Waals surface area contributed by atoms with Crippen LogP contribution in [-0.4, -0.2) is 54.5 Å². The molecule has 8 heteroatoms. The van der Waals surface area contributed by atoms with Gasteiger partial charge in [0.1, 0.15) is 11.6 Å². The molecule has 1 N–H and O–H groups in total. The second kappa shape index (κ2) is 10.3. The van der Waals surface area contributed by atoms with Gasteiger partial charge < -0.3 is 19.9 Å². The van der Waals surface area contributed by atoms with Crippen LogP contribution < -0.4 is 10.1 Å². The lowest BCUT2D eigenvalue weighted by Crippen LogP contribution is -2.39. The first kappa shape index (κ1) is 21.9. The van der Waals surface area contributed by atoms with Gasteiger partial charge >= 0.3 is 6.03 Å². The molecular formula is C22H25ClFN3O3. The fourth-order valence-electron chi connectivity index (χ4n) is 3.21. The molecule has 1 heterocycles. The molecule has 1 aliphatic heterocycles. The Balaban J connectivity index is 1.57. The maximum absolute atomic E-state index is 13.1. The number of nitrogens with zero attached hydrogens (tertiary/aromatic N) is 2. The maximum atomic E-state index is 13.1. The highest BCUT2D eigenvalue weighted by molar-refractivity contribution is 6.32. The third kappa shape index (κ3) is 5.63. The van der Waals surface area contributed by atoms with Crippen LogP contribution in [0.3, 0.4) is 0 Å². The molecule has 3 rings (SSSR count). The minimum Gasteiger partial charge on any atom is -0.492 e. The summed E-state index contributed by atoms with van der Waals surface area (Å²) in [6.45, 7) is 4.47. The summed E-state index contributed by atoms with van der Waals surface area (Å²) in [6.07, 6.45) is 1.54. The van der Waals surface area contributed by atoms with Gasteiger partial charge in [0.2, 0.25) is 0 Å². The van der Waals surface area contributed by atoms with Crippen molar-refractivity contribution in [3.05, 3.63) is 58.9 Å². The Morgan fingerprint density at radius 3 is 2.47 bits per heavy atom. The van der Waals surface area contributed by atoms with Crippen LogP contribution in [0, 0.1) is 5.82 Å². The van der Waals surface area contributed by atoms with Gasteiger partial charge in [0.25, 0.3) is 5.91 Å². The maximum Gasteiger partial charge on any atom is 0.321 e. The molecule has 1 fully saturated rings. The van der Waals surface area contributed by atoms with E-state index in [-0.39, 0.29) is 17.8 Å². The highest BCUT2D eigenvalue weighted by atomic mass is 35.5. The van der Waals surface area contributed by atoms with E-state index >= 15 is 0 Å². The Bertz CT molecular complexity index is 892. The fraction of sp³-hybridized carbons (Fsp3) is 0.364. The Morgan fingerprint density at radius 2 is 1.77 bits per heavy atom. The summed E-state index contributed by atoms with van der Waals surface area (Å²) < 4.78 is 18.6. The predicted octanol–water partition coefficient (Wildman–Crippen LogP) is 4.65. The molecule has 2 aromatic carbocycles. The number of benzene rings is 2. The van der Waals surface area contributed by atoms with Crippen molar-refractivity contribution in [1.29, 1.82) is 0 Å². The van der Waals surface area contributed by atoms with Crippen molar-refractivity contribution < 1.29 is 18.7 Å². The van der Waals surface area contributed by atoms with E-state index in [0.717, 1.165) is 6.42 Å². The van der Waals surface area contributed by atoms with E-state index in [0.29, 0.717) is 61.2 Å². The predicted molar refractivity (Wildman–Crippen MR) is 115 cm³/mol. The van der Waals surface area contributed by atoms with Crippen LogP contribution in [0.1, 0.15) is 30.1 Å². The van der Waals surface area contributed by atoms with E-state index in [1.54, 1.807) is 28.0 Å². The van der Waals surface area contributed by atoms with Crippen molar-refractivity contribution in [2.24, 2.45) is 0 Å². The first-order chi connectivity index (χ1) is 14.5. The number of amides is 3. The van der Waals surface area contributed by atoms with Crippen LogP contribution in [0.2, 0.25) is 5.02 Å². The van der Waals surface area contributed by atoms with Crippen molar-refractivity contribution in [1.82, 2.24) is 9.80 Å². The standard InChI is InChI=1S/C22H25ClFN3O3/c1-2-14-30-20-9-8-18(15-19(20)23)25-22(29)27-11-3-10-26(12-13-27)21(28)16-4-6-17(24)7-5-16/h4-9,15H,2-3,10-14H2,1H3,(H,25,29). The van der Waals surface area contributed by atoms with Crippen molar-refractivity contribution in [3.63, 3.8) is 0 Å². The van der Waals surface area contributed by atoms with E-state index < -0.39 is 0 Å². The number of carbonyl (C=O) groups is 2. The number of rotatable bonds is 5. The zero-order chi connectivity index (χ0) is 21.5. The number of ether oxygens (including phenoxy) is 1. The Kier molecular flexibility index (Phi) is 7.52. The van der Waals surface area contributed by atoms with Gasteiger partial charge in [0.05, 0.1) is 11.6 Å². The molecule has 0 atom stereocenters. The third-order valence-corrected chi connectivity index (χ3v) is 5.10. The first-order valence-electron chi connectivity index (χ1n) is 10.0. The summed E-state index contributed by atoms with van der Waals surface area (Å²) in [5.74, 6) is 0.0447. The smallest absolute Gasteiger partial charge is 0.321 e. The molecule has 1 aliphatic rings. The summed E-state index contributed by atoms with van der Waals surface area (Å²) in [5, 5.41) is 3.29. The van der Waals surface area contributed by atoms with E-state index in [4.69, 9.17) is 16.3 Å². The molecule has 0 spiro atoms. The van der Waals surface area contributed by atoms with Crippen LogP contribution in [0.25, 0.3) is 0 Å². The third-order valence-electron chi connectivity index (χ3n) is 4.81. The average molecular weight is 434 g/mol. The van der Waals surface area contributed by atoms with Crippen molar-refractivity contribution in [2.75, 3.05) is 38.1 Å². The normalized spacial score (nSPS) is 14.2. The molecule has 2 aromatic rings. The van der Waals surface area contributed by atoms with Crippen molar-refractivity contribution in [3.8, 4) is 5.75 Å². The lowest BCUT2D eigenvalue weighted by molar-refractivity contribution is 0.0762. The van der Waals surface area contributed by atoms with Gasteiger partial charge in [-0.3, -0.25) is 4.79 Å². The van der Waals surface area contributed by atoms with E-state index in [1.165, 1.54) is 24.3 Å². The number of nitrogens with one attached hydrogen (secondary N) is 1. The molecule has 3 amide bonds. The minimum absolute atomic E-state index is 0.160. The molecule has 1 saturated heterocycles. The van der Waals surface area contributed by atoms with Gasteiger partial charge in [-0.15, -0.1) is 0 Å². The molecule has 6 nitrogen and oxygen atoms in total. The number of carbonyl (C=O) groups excluding carboxylic acids is 2. The van der Waals surface area contributed by atoms with Crippen molar-refractivity contribution >= 4 is 29.2 Å². The molecular weight excluding hydrogens is 409 g/mol. The number of anilines is 1. The van der Waals surface area contributed by atoms with Crippen LogP contribution >= 0.6 is 11.6 Å². The summed E-state index contributed by atoms with van der Waals surface area (Å²) >= 11 is 6.22. The van der Waals surface area contributed by atoms with E-state index in [1.807, 2.05) is 6.92 Å². The topological polar surface area (TPSA) is 61.9 Å². The van der Waals surface area contributed by atoms with E-state index in [2.05, 4.69) is 5.32 Å². The Morgan fingerprint density at radius 1 is 1.07 bits per heavy atom. The highest BCUT2D eigenvalue weighted by Gasteiger charge is 2.23. The largest absolute Gasteiger partial charge is 0.492 e. The zero-order valence-corrected chi connectivity index (χ0v) is 17.6. The fourth-order valence-corrected chi connectivity index (χ4v) is 3.44. The van der Waals surface area contributed by atoms with Crippen LogP contribution in [0.5, 0.6) is 5.75 Å². The summed E-state index contributed by atoms with van der Waals surface area (Å²) in [6, 6.07) is 10.4. The quantitative estimate of drug-likeness (QED) is 0.746. The second-order valence-corrected chi connectivity index (χ2v) is 7.47. The van der Waals surface area contributed by atoms with Gasteiger partial charge in [0, 0.05) is 37.4 Å². The number of hydrogen-bond donors (Lipinski definition) is 1. The lowest BCUT2D eigenvalue weighted by Gasteiger charge is -2.22. The summed E-state index contributed by atoms with van der Waals surface area (Å²) in [7, 11) is 0. The molecule has 160 valence electrons. The number of halogens is 2.